The van der Waals surface area contributed by atoms with Crippen molar-refractivity contribution in [3.8, 4) is 0 Å². The maximum atomic E-state index is 12.2. The highest BCUT2D eigenvalue weighted by atomic mass is 16.2. The lowest BCUT2D eigenvalue weighted by molar-refractivity contribution is -0.124. The normalized spacial score (nSPS) is 34.7. The van der Waals surface area contributed by atoms with Crippen LogP contribution in [0, 0.1) is 17.3 Å². The molecule has 2 N–H and O–H groups in total. The number of hydrogen-bond acceptors (Lipinski definition) is 3. The zero-order chi connectivity index (χ0) is 15.0. The Balaban J connectivity index is 1.84. The Morgan fingerprint density at radius 2 is 1.85 bits per heavy atom. The van der Waals surface area contributed by atoms with Crippen molar-refractivity contribution in [1.82, 2.24) is 15.5 Å². The Kier molecular flexibility index (Phi) is 4.45. The summed E-state index contributed by atoms with van der Waals surface area (Å²) in [5.74, 6) is 1.58. The molecule has 116 valence electrons. The number of rotatable bonds is 6. The largest absolute Gasteiger partial charge is 0.349 e. The standard InChI is InChI=1S/C16H31N3O/c1-15(2)12-6-7-13(10-12)16(15,3)18-14(20)11-17-8-9-19(4)5/h12-13,17H,6-11H2,1-5H3,(H,18,20)/t12-,13-,16-/m1/s1. The van der Waals surface area contributed by atoms with E-state index in [1.165, 1.54) is 19.3 Å². The van der Waals surface area contributed by atoms with E-state index in [4.69, 9.17) is 0 Å². The number of hydrogen-bond donors (Lipinski definition) is 2. The van der Waals surface area contributed by atoms with Crippen LogP contribution < -0.4 is 10.6 Å². The number of amides is 1. The SMILES string of the molecule is CN(C)CCNCC(=O)N[C@]1(C)[C@@H]2CC[C@H](C2)C1(C)C. The van der Waals surface area contributed by atoms with Gasteiger partial charge in [-0.15, -0.1) is 0 Å². The van der Waals surface area contributed by atoms with Gasteiger partial charge in [0.05, 0.1) is 6.54 Å². The molecule has 0 heterocycles. The molecule has 0 aromatic rings. The quantitative estimate of drug-likeness (QED) is 0.725. The molecule has 0 radical (unpaired) electrons. The lowest BCUT2D eigenvalue weighted by Gasteiger charge is -2.48. The molecule has 2 aliphatic rings. The zero-order valence-electron chi connectivity index (χ0n) is 13.8. The maximum absolute atomic E-state index is 12.2. The second kappa shape index (κ2) is 5.64. The van der Waals surface area contributed by atoms with Crippen molar-refractivity contribution in [3.05, 3.63) is 0 Å². The Morgan fingerprint density at radius 3 is 2.40 bits per heavy atom. The van der Waals surface area contributed by atoms with Crippen LogP contribution in [0.25, 0.3) is 0 Å². The number of fused-ring (bicyclic) bond motifs is 2. The van der Waals surface area contributed by atoms with E-state index in [2.05, 4.69) is 36.3 Å². The lowest BCUT2D eigenvalue weighted by atomic mass is 9.64. The molecule has 1 amide bonds. The predicted octanol–water partition coefficient (Wildman–Crippen LogP) is 1.47. The van der Waals surface area contributed by atoms with E-state index in [0.29, 0.717) is 12.5 Å². The molecule has 2 aliphatic carbocycles. The van der Waals surface area contributed by atoms with Gasteiger partial charge in [0, 0.05) is 18.6 Å². The average Bonchev–Trinajstić information content (AvgIpc) is 2.89. The van der Waals surface area contributed by atoms with Crippen LogP contribution in [0.4, 0.5) is 0 Å². The van der Waals surface area contributed by atoms with Gasteiger partial charge in [-0.05, 0) is 57.5 Å². The first-order chi connectivity index (χ1) is 9.27. The molecule has 4 heteroatoms. The summed E-state index contributed by atoms with van der Waals surface area (Å²) in [5.41, 5.74) is 0.186. The molecule has 20 heavy (non-hydrogen) atoms. The summed E-state index contributed by atoms with van der Waals surface area (Å²) in [4.78, 5) is 14.3. The fourth-order valence-electron chi connectivity index (χ4n) is 4.21. The van der Waals surface area contributed by atoms with Gasteiger partial charge in [0.25, 0.3) is 0 Å². The molecule has 2 fully saturated rings. The molecule has 0 aromatic carbocycles. The van der Waals surface area contributed by atoms with Gasteiger partial charge in [0.2, 0.25) is 5.91 Å². The topological polar surface area (TPSA) is 44.4 Å². The molecular formula is C16H31N3O. The third kappa shape index (κ3) is 2.73. The van der Waals surface area contributed by atoms with E-state index in [1.807, 2.05) is 14.1 Å². The Labute approximate surface area is 123 Å². The summed E-state index contributed by atoms with van der Waals surface area (Å²) in [6.07, 6.45) is 3.90. The summed E-state index contributed by atoms with van der Waals surface area (Å²) < 4.78 is 0. The molecule has 0 saturated heterocycles. The van der Waals surface area contributed by atoms with Crippen molar-refractivity contribution in [2.24, 2.45) is 17.3 Å². The van der Waals surface area contributed by atoms with E-state index < -0.39 is 0 Å². The molecule has 4 nitrogen and oxygen atoms in total. The van der Waals surface area contributed by atoms with Crippen LogP contribution in [0.15, 0.2) is 0 Å². The van der Waals surface area contributed by atoms with Gasteiger partial charge < -0.3 is 15.5 Å². The van der Waals surface area contributed by atoms with Gasteiger partial charge in [-0.25, -0.2) is 0 Å². The van der Waals surface area contributed by atoms with Crippen molar-refractivity contribution in [1.29, 1.82) is 0 Å². The van der Waals surface area contributed by atoms with Crippen molar-refractivity contribution in [3.63, 3.8) is 0 Å². The van der Waals surface area contributed by atoms with Crippen molar-refractivity contribution in [2.45, 2.75) is 45.6 Å². The number of carbonyl (C=O) groups is 1. The van der Waals surface area contributed by atoms with Crippen LogP contribution in [0.5, 0.6) is 0 Å². The van der Waals surface area contributed by atoms with E-state index in [0.717, 1.165) is 19.0 Å². The lowest BCUT2D eigenvalue weighted by Crippen LogP contribution is -2.60. The van der Waals surface area contributed by atoms with Crippen molar-refractivity contribution in [2.75, 3.05) is 33.7 Å². The molecule has 2 rings (SSSR count). The van der Waals surface area contributed by atoms with Gasteiger partial charge in [-0.1, -0.05) is 13.8 Å². The van der Waals surface area contributed by atoms with E-state index in [9.17, 15) is 4.79 Å². The summed E-state index contributed by atoms with van der Waals surface area (Å²) in [6, 6.07) is 0. The summed E-state index contributed by atoms with van der Waals surface area (Å²) in [7, 11) is 4.08. The molecule has 2 bridgehead atoms. The monoisotopic (exact) mass is 281 g/mol. The second-order valence-electron chi connectivity index (χ2n) is 7.66. The van der Waals surface area contributed by atoms with Crippen LogP contribution in [0.3, 0.4) is 0 Å². The Morgan fingerprint density at radius 1 is 1.20 bits per heavy atom. The fraction of sp³-hybridized carbons (Fsp3) is 0.938. The van der Waals surface area contributed by atoms with Crippen LogP contribution in [0.2, 0.25) is 0 Å². The van der Waals surface area contributed by atoms with Gasteiger partial charge in [0.1, 0.15) is 0 Å². The highest BCUT2D eigenvalue weighted by Gasteiger charge is 2.60. The average molecular weight is 281 g/mol. The van der Waals surface area contributed by atoms with Gasteiger partial charge in [-0.3, -0.25) is 4.79 Å². The zero-order valence-corrected chi connectivity index (χ0v) is 13.8. The summed E-state index contributed by atoms with van der Waals surface area (Å²) >= 11 is 0. The fourth-order valence-corrected chi connectivity index (χ4v) is 4.21. The molecule has 2 saturated carbocycles. The van der Waals surface area contributed by atoms with Gasteiger partial charge in [0.15, 0.2) is 0 Å². The third-order valence-corrected chi connectivity index (χ3v) is 6.03. The minimum Gasteiger partial charge on any atom is -0.349 e. The Bertz CT molecular complexity index is 367. The molecular weight excluding hydrogens is 250 g/mol. The highest BCUT2D eigenvalue weighted by Crippen LogP contribution is 2.61. The van der Waals surface area contributed by atoms with Crippen LogP contribution in [0.1, 0.15) is 40.0 Å². The maximum Gasteiger partial charge on any atom is 0.234 e. The first-order valence-electron chi connectivity index (χ1n) is 7.94. The number of likely N-dealkylation sites (N-methyl/N-ethyl adjacent to an activating group) is 1. The molecule has 0 aromatic heterocycles. The highest BCUT2D eigenvalue weighted by molar-refractivity contribution is 5.79. The summed E-state index contributed by atoms with van der Waals surface area (Å²) in [5, 5.41) is 6.58. The van der Waals surface area contributed by atoms with E-state index >= 15 is 0 Å². The predicted molar refractivity (Wildman–Crippen MR) is 82.6 cm³/mol. The smallest absolute Gasteiger partial charge is 0.234 e. The van der Waals surface area contributed by atoms with Gasteiger partial charge >= 0.3 is 0 Å². The molecule has 0 spiro atoms. The molecule has 3 atom stereocenters. The number of carbonyl (C=O) groups excluding carboxylic acids is 1. The van der Waals surface area contributed by atoms with E-state index in [1.54, 1.807) is 0 Å². The van der Waals surface area contributed by atoms with Crippen LogP contribution >= 0.6 is 0 Å². The number of nitrogens with zero attached hydrogens (tertiary/aromatic N) is 1. The van der Waals surface area contributed by atoms with Crippen LogP contribution in [-0.2, 0) is 4.79 Å². The van der Waals surface area contributed by atoms with Crippen molar-refractivity contribution >= 4 is 5.91 Å². The first kappa shape index (κ1) is 15.8. The van der Waals surface area contributed by atoms with Crippen molar-refractivity contribution < 1.29 is 4.79 Å². The van der Waals surface area contributed by atoms with Gasteiger partial charge in [-0.2, -0.15) is 0 Å². The third-order valence-electron chi connectivity index (χ3n) is 6.03. The first-order valence-corrected chi connectivity index (χ1v) is 7.94. The van der Waals surface area contributed by atoms with E-state index in [-0.39, 0.29) is 16.9 Å². The van der Waals surface area contributed by atoms with Crippen LogP contribution in [-0.4, -0.2) is 50.1 Å². The Hall–Kier alpha value is -0.610. The molecule has 0 aliphatic heterocycles. The molecule has 0 unspecified atom stereocenters. The second-order valence-corrected chi connectivity index (χ2v) is 7.66. The summed E-state index contributed by atoms with van der Waals surface area (Å²) in [6.45, 7) is 9.16. The number of nitrogens with one attached hydrogen (secondary N) is 2. The minimum atomic E-state index is -0.0315. The minimum absolute atomic E-state index is 0.0315.